The van der Waals surface area contributed by atoms with Crippen LogP contribution in [0.1, 0.15) is 33.6 Å². The van der Waals surface area contributed by atoms with Gasteiger partial charge >= 0.3 is 6.09 Å². The van der Waals surface area contributed by atoms with Gasteiger partial charge in [0.1, 0.15) is 11.2 Å². The molecule has 1 unspecified atom stereocenters. The summed E-state index contributed by atoms with van der Waals surface area (Å²) in [5.41, 5.74) is -2.01. The molecule has 0 aromatic heterocycles. The van der Waals surface area contributed by atoms with Crippen LogP contribution in [0.2, 0.25) is 0 Å². The number of piperidine rings is 1. The lowest BCUT2D eigenvalue weighted by Crippen LogP contribution is -2.66. The molecule has 4 nitrogen and oxygen atoms in total. The van der Waals surface area contributed by atoms with Crippen molar-refractivity contribution in [3.05, 3.63) is 0 Å². The zero-order valence-electron chi connectivity index (χ0n) is 11.0. The lowest BCUT2D eigenvalue weighted by Gasteiger charge is -2.51. The minimum Gasteiger partial charge on any atom is -0.444 e. The number of hydrogen-bond donors (Lipinski definition) is 0. The maximum atomic E-state index is 14.0. The fraction of sp³-hybridized carbons (Fsp3) is 0.917. The summed E-state index contributed by atoms with van der Waals surface area (Å²) in [5.74, 6) is -3.00. The van der Waals surface area contributed by atoms with E-state index in [0.717, 1.165) is 4.90 Å². The fourth-order valence-corrected chi connectivity index (χ4v) is 2.28. The highest BCUT2D eigenvalue weighted by Crippen LogP contribution is 2.46. The summed E-state index contributed by atoms with van der Waals surface area (Å²) in [4.78, 5) is 12.8. The number of alkyl halides is 2. The summed E-state index contributed by atoms with van der Waals surface area (Å²) in [6.07, 6.45) is -0.155. The molecule has 2 aliphatic rings. The normalized spacial score (nSPS) is 31.1. The van der Waals surface area contributed by atoms with E-state index in [1.807, 2.05) is 0 Å². The molecule has 0 aliphatic carbocycles. The van der Waals surface area contributed by atoms with Crippen molar-refractivity contribution < 1.29 is 23.0 Å². The smallest absolute Gasteiger partial charge is 0.410 e. The second-order valence-electron chi connectivity index (χ2n) is 5.95. The van der Waals surface area contributed by atoms with Crippen molar-refractivity contribution in [3.63, 3.8) is 0 Å². The second kappa shape index (κ2) is 4.05. The van der Waals surface area contributed by atoms with Crippen molar-refractivity contribution in [2.24, 2.45) is 0 Å². The van der Waals surface area contributed by atoms with Gasteiger partial charge in [-0.3, -0.25) is 0 Å². The lowest BCUT2D eigenvalue weighted by molar-refractivity contribution is -0.291. The zero-order chi connectivity index (χ0) is 13.6. The molecule has 2 aliphatic heterocycles. The maximum absolute atomic E-state index is 14.0. The molecule has 1 atom stereocenters. The van der Waals surface area contributed by atoms with Gasteiger partial charge in [-0.2, -0.15) is 0 Å². The summed E-state index contributed by atoms with van der Waals surface area (Å²) in [6, 6.07) is 0. The zero-order valence-corrected chi connectivity index (χ0v) is 11.0. The molecular formula is C12H19F2NO3. The minimum atomic E-state index is -3.00. The molecule has 1 spiro atoms. The fourth-order valence-electron chi connectivity index (χ4n) is 2.28. The Bertz CT molecular complexity index is 348. The summed E-state index contributed by atoms with van der Waals surface area (Å²) in [7, 11) is 0. The van der Waals surface area contributed by atoms with Gasteiger partial charge in [-0.25, -0.2) is 13.6 Å². The number of rotatable bonds is 0. The first-order chi connectivity index (χ1) is 8.15. The molecule has 0 N–H and O–H groups in total. The van der Waals surface area contributed by atoms with E-state index in [9.17, 15) is 13.6 Å². The molecule has 2 fully saturated rings. The van der Waals surface area contributed by atoms with Crippen LogP contribution in [0.5, 0.6) is 0 Å². The molecule has 0 aromatic carbocycles. The first kappa shape index (κ1) is 13.5. The van der Waals surface area contributed by atoms with Crippen LogP contribution >= 0.6 is 0 Å². The number of ether oxygens (including phenoxy) is 2. The Morgan fingerprint density at radius 3 is 2.33 bits per heavy atom. The highest BCUT2D eigenvalue weighted by Gasteiger charge is 2.62. The summed E-state index contributed by atoms with van der Waals surface area (Å²) in [6.45, 7) is 5.14. The molecular weight excluding hydrogens is 244 g/mol. The van der Waals surface area contributed by atoms with E-state index in [2.05, 4.69) is 0 Å². The largest absolute Gasteiger partial charge is 0.444 e. The predicted octanol–water partition coefficient (Wildman–Crippen LogP) is 2.42. The van der Waals surface area contributed by atoms with E-state index >= 15 is 0 Å². The maximum Gasteiger partial charge on any atom is 0.410 e. The molecule has 2 heterocycles. The summed E-state index contributed by atoms with van der Waals surface area (Å²) in [5, 5.41) is 0. The van der Waals surface area contributed by atoms with E-state index < -0.39 is 29.8 Å². The van der Waals surface area contributed by atoms with Crippen LogP contribution in [0, 0.1) is 0 Å². The minimum absolute atomic E-state index is 0.166. The Kier molecular flexibility index (Phi) is 3.04. The van der Waals surface area contributed by atoms with Gasteiger partial charge in [-0.05, 0) is 20.8 Å². The summed E-state index contributed by atoms with van der Waals surface area (Å²) < 4.78 is 38.1. The van der Waals surface area contributed by atoms with Crippen LogP contribution in [-0.4, -0.2) is 47.8 Å². The van der Waals surface area contributed by atoms with Crippen molar-refractivity contribution in [2.75, 3.05) is 19.7 Å². The molecule has 1 amide bonds. The Morgan fingerprint density at radius 1 is 1.33 bits per heavy atom. The van der Waals surface area contributed by atoms with E-state index in [1.54, 1.807) is 20.8 Å². The van der Waals surface area contributed by atoms with Crippen LogP contribution in [0.4, 0.5) is 13.6 Å². The molecule has 2 saturated heterocycles. The van der Waals surface area contributed by atoms with Crippen molar-refractivity contribution in [1.82, 2.24) is 4.90 Å². The average molecular weight is 263 g/mol. The van der Waals surface area contributed by atoms with Crippen molar-refractivity contribution in [2.45, 2.75) is 50.7 Å². The van der Waals surface area contributed by atoms with Gasteiger partial charge in [0, 0.05) is 19.4 Å². The number of carbonyl (C=O) groups excluding carboxylic acids is 1. The van der Waals surface area contributed by atoms with Crippen LogP contribution in [-0.2, 0) is 9.47 Å². The molecule has 18 heavy (non-hydrogen) atoms. The highest BCUT2D eigenvalue weighted by atomic mass is 19.3. The van der Waals surface area contributed by atoms with Gasteiger partial charge in [0.2, 0.25) is 0 Å². The van der Waals surface area contributed by atoms with Gasteiger partial charge in [0.05, 0.1) is 13.2 Å². The molecule has 0 aromatic rings. The van der Waals surface area contributed by atoms with Gasteiger partial charge in [-0.1, -0.05) is 0 Å². The van der Waals surface area contributed by atoms with Crippen LogP contribution in [0.25, 0.3) is 0 Å². The number of nitrogens with zero attached hydrogens (tertiary/aromatic N) is 1. The number of amides is 1. The monoisotopic (exact) mass is 263 g/mol. The van der Waals surface area contributed by atoms with Crippen LogP contribution in [0.3, 0.4) is 0 Å². The number of likely N-dealkylation sites (tertiary alicyclic amines) is 1. The van der Waals surface area contributed by atoms with Gasteiger partial charge < -0.3 is 14.4 Å². The predicted molar refractivity (Wildman–Crippen MR) is 60.7 cm³/mol. The first-order valence-corrected chi connectivity index (χ1v) is 6.15. The van der Waals surface area contributed by atoms with Crippen molar-refractivity contribution in [1.29, 1.82) is 0 Å². The van der Waals surface area contributed by atoms with Crippen molar-refractivity contribution >= 4 is 6.09 Å². The lowest BCUT2D eigenvalue weighted by atomic mass is 9.81. The average Bonchev–Trinajstić information content (AvgIpc) is 2.10. The molecule has 0 radical (unpaired) electrons. The van der Waals surface area contributed by atoms with Crippen LogP contribution in [0.15, 0.2) is 0 Å². The third-order valence-electron chi connectivity index (χ3n) is 3.38. The van der Waals surface area contributed by atoms with E-state index in [-0.39, 0.29) is 13.0 Å². The molecule has 0 saturated carbocycles. The molecule has 0 bridgehead atoms. The second-order valence-corrected chi connectivity index (χ2v) is 5.95. The Labute approximate surface area is 105 Å². The quantitative estimate of drug-likeness (QED) is 0.673. The van der Waals surface area contributed by atoms with E-state index in [1.165, 1.54) is 0 Å². The third-order valence-corrected chi connectivity index (χ3v) is 3.38. The van der Waals surface area contributed by atoms with Gasteiger partial charge in [0.15, 0.2) is 0 Å². The Balaban J connectivity index is 2.00. The Hall–Kier alpha value is -0.910. The third kappa shape index (κ3) is 2.30. The van der Waals surface area contributed by atoms with Crippen LogP contribution < -0.4 is 0 Å². The van der Waals surface area contributed by atoms with Gasteiger partial charge in [-0.15, -0.1) is 0 Å². The van der Waals surface area contributed by atoms with E-state index in [4.69, 9.17) is 9.47 Å². The topological polar surface area (TPSA) is 38.8 Å². The Morgan fingerprint density at radius 2 is 1.94 bits per heavy atom. The molecule has 2 rings (SSSR count). The molecule has 6 heteroatoms. The first-order valence-electron chi connectivity index (χ1n) is 6.15. The number of hydrogen-bond acceptors (Lipinski definition) is 3. The highest BCUT2D eigenvalue weighted by molar-refractivity contribution is 5.68. The number of carbonyl (C=O) groups is 1. The van der Waals surface area contributed by atoms with Gasteiger partial charge in [0.25, 0.3) is 5.92 Å². The molecule has 104 valence electrons. The van der Waals surface area contributed by atoms with Crippen molar-refractivity contribution in [3.8, 4) is 0 Å². The number of halogens is 2. The SMILES string of the molecule is CC(C)(C)OC(=O)N1CCC2(CCO2)C(F)(F)C1. The summed E-state index contributed by atoms with van der Waals surface area (Å²) >= 11 is 0. The standard InChI is InChI=1S/C12H19F2NO3/c1-10(2,3)18-9(16)15-6-4-11(5-7-17-11)12(13,14)8-15/h4-8H2,1-3H3. The van der Waals surface area contributed by atoms with E-state index in [0.29, 0.717) is 13.0 Å².